The maximum Gasteiger partial charge on any atom is 1.00 e. The third-order valence-corrected chi connectivity index (χ3v) is 3.54. The summed E-state index contributed by atoms with van der Waals surface area (Å²) in [6, 6.07) is 0. The van der Waals surface area contributed by atoms with Crippen molar-refractivity contribution < 1.29 is 78.9 Å². The van der Waals surface area contributed by atoms with E-state index in [-0.39, 0.29) is 71.7 Å². The number of amides is 1. The Labute approximate surface area is 190 Å². The topological polar surface area (TPSA) is 95.5 Å². The van der Waals surface area contributed by atoms with Gasteiger partial charge in [-0.1, -0.05) is 65.0 Å². The van der Waals surface area contributed by atoms with Crippen LogP contribution in [0.2, 0.25) is 0 Å². The predicted molar refractivity (Wildman–Crippen MR) is 81.4 cm³/mol. The summed E-state index contributed by atoms with van der Waals surface area (Å²) in [5.41, 5.74) is 0. The molecule has 0 aliphatic heterocycles. The number of nitrogens with one attached hydrogen (secondary N) is 1. The molecule has 0 aromatic carbocycles. The Morgan fingerprint density at radius 3 is 1.88 bits per heavy atom. The fourth-order valence-electron chi connectivity index (χ4n) is 2.21. The molecule has 0 fully saturated rings. The van der Waals surface area contributed by atoms with Crippen LogP contribution in [0, 0.1) is 0 Å². The third kappa shape index (κ3) is 20.9. The van der Waals surface area contributed by atoms with Crippen molar-refractivity contribution in [3.8, 4) is 0 Å². The summed E-state index contributed by atoms with van der Waals surface area (Å²) in [7, 11) is 0. The second kappa shape index (κ2) is 21.9. The van der Waals surface area contributed by atoms with Gasteiger partial charge in [-0.3, -0.25) is 9.69 Å². The van der Waals surface area contributed by atoms with E-state index in [1.165, 1.54) is 38.5 Å². The maximum absolute atomic E-state index is 11.6. The van der Waals surface area contributed by atoms with Gasteiger partial charge in [0.2, 0.25) is 5.91 Å². The van der Waals surface area contributed by atoms with E-state index in [2.05, 4.69) is 12.2 Å². The molecule has 24 heavy (non-hydrogen) atoms. The number of aliphatic carboxylic acids is 1. The van der Waals surface area contributed by atoms with Gasteiger partial charge in [0.25, 0.3) is 0 Å². The van der Waals surface area contributed by atoms with Gasteiger partial charge in [0.15, 0.2) is 0 Å². The van der Waals surface area contributed by atoms with Crippen LogP contribution in [0.3, 0.4) is 0 Å². The number of unbranched alkanes of at least 4 members (excludes halogenated alkanes) is 8. The fourth-order valence-corrected chi connectivity index (χ4v) is 2.21. The van der Waals surface area contributed by atoms with Crippen molar-refractivity contribution in [2.45, 2.75) is 71.1 Å². The molecule has 6 nitrogen and oxygen atoms in total. The van der Waals surface area contributed by atoms with Crippen LogP contribution in [0.4, 0.5) is 0 Å². The molecule has 0 aromatic heterocycles. The van der Waals surface area contributed by atoms with Gasteiger partial charge in [0.05, 0.1) is 12.6 Å². The van der Waals surface area contributed by atoms with Gasteiger partial charge in [-0.2, -0.15) is 0 Å². The Morgan fingerprint density at radius 1 is 0.917 bits per heavy atom. The standard InChI is InChI=1S/C16H31N2O4.2Na/c1-2-3-4-5-6-7-8-9-10-11-15(20)17-13-18(14-19)12-16(21)22;;/h2-14H2,1H3,(H,17,20)(H,21,22);;/q-1;2*+1/p-1. The molecule has 0 radical (unpaired) electrons. The molecule has 0 saturated carbocycles. The van der Waals surface area contributed by atoms with Crippen LogP contribution in [-0.2, 0) is 9.59 Å². The van der Waals surface area contributed by atoms with Crippen LogP contribution in [0.1, 0.15) is 71.1 Å². The van der Waals surface area contributed by atoms with E-state index < -0.39 is 19.2 Å². The van der Waals surface area contributed by atoms with Crippen LogP contribution >= 0.6 is 0 Å². The monoisotopic (exact) mass is 360 g/mol. The Hall–Kier alpha value is 0.860. The second-order valence-corrected chi connectivity index (χ2v) is 5.67. The van der Waals surface area contributed by atoms with Crippen LogP contribution < -0.4 is 74.6 Å². The molecule has 0 atom stereocenters. The first-order valence-corrected chi connectivity index (χ1v) is 8.37. The minimum Gasteiger partial charge on any atom is -0.843 e. The molecule has 1 amide bonds. The van der Waals surface area contributed by atoms with E-state index in [0.717, 1.165) is 24.2 Å². The number of carbonyl (C=O) groups is 2. The molecule has 0 saturated heterocycles. The molecule has 0 spiro atoms. The number of carbonyl (C=O) groups excluding carboxylic acids is 2. The van der Waals surface area contributed by atoms with Gasteiger partial charge in [0, 0.05) is 13.0 Å². The largest absolute Gasteiger partial charge is 1.00 e. The number of rotatable bonds is 15. The first-order valence-electron chi connectivity index (χ1n) is 8.37. The van der Waals surface area contributed by atoms with Crippen molar-refractivity contribution in [3.63, 3.8) is 0 Å². The predicted octanol–water partition coefficient (Wildman–Crippen LogP) is -5.64. The summed E-state index contributed by atoms with van der Waals surface area (Å²) >= 11 is 0. The van der Waals surface area contributed by atoms with Gasteiger partial charge >= 0.3 is 59.1 Å². The molecule has 0 aliphatic rings. The number of carboxylic acids is 1. The van der Waals surface area contributed by atoms with Crippen molar-refractivity contribution in [2.24, 2.45) is 0 Å². The van der Waals surface area contributed by atoms with E-state index in [1.54, 1.807) is 0 Å². The van der Waals surface area contributed by atoms with Crippen LogP contribution in [-0.4, -0.2) is 36.7 Å². The zero-order valence-electron chi connectivity index (χ0n) is 15.8. The Morgan fingerprint density at radius 2 is 1.42 bits per heavy atom. The van der Waals surface area contributed by atoms with E-state index in [9.17, 15) is 19.8 Å². The quantitative estimate of drug-likeness (QED) is 0.178. The van der Waals surface area contributed by atoms with Gasteiger partial charge in [0.1, 0.15) is 0 Å². The van der Waals surface area contributed by atoms with Crippen molar-refractivity contribution in [3.05, 3.63) is 0 Å². The molecule has 0 heterocycles. The van der Waals surface area contributed by atoms with Crippen molar-refractivity contribution in [1.82, 2.24) is 10.2 Å². The zero-order chi connectivity index (χ0) is 16.6. The normalized spacial score (nSPS) is 9.96. The van der Waals surface area contributed by atoms with E-state index >= 15 is 0 Å². The van der Waals surface area contributed by atoms with Crippen molar-refractivity contribution in [1.29, 1.82) is 0 Å². The molecule has 1 N–H and O–H groups in total. The van der Waals surface area contributed by atoms with Crippen LogP contribution in [0.25, 0.3) is 0 Å². The van der Waals surface area contributed by atoms with E-state index in [0.29, 0.717) is 6.42 Å². The fraction of sp³-hybridized carbons (Fsp3) is 0.875. The average molecular weight is 360 g/mol. The number of nitrogens with zero attached hydrogens (tertiary/aromatic N) is 1. The first-order chi connectivity index (χ1) is 10.6. The summed E-state index contributed by atoms with van der Waals surface area (Å²) in [4.78, 5) is 23.0. The van der Waals surface area contributed by atoms with Crippen LogP contribution in [0.15, 0.2) is 0 Å². The molecule has 0 unspecified atom stereocenters. The third-order valence-electron chi connectivity index (χ3n) is 3.54. The second-order valence-electron chi connectivity index (χ2n) is 5.67. The van der Waals surface area contributed by atoms with Crippen molar-refractivity contribution in [2.75, 3.05) is 19.9 Å². The summed E-state index contributed by atoms with van der Waals surface area (Å²) in [6.07, 6.45) is 11.1. The average Bonchev–Trinajstić information content (AvgIpc) is 2.49. The number of hydrogen-bond acceptors (Lipinski definition) is 5. The molecule has 0 aliphatic carbocycles. The molecule has 0 aromatic rings. The smallest absolute Gasteiger partial charge is 0.843 e. The van der Waals surface area contributed by atoms with Gasteiger partial charge < -0.3 is 20.3 Å². The first kappa shape index (κ1) is 29.6. The minimum atomic E-state index is -1.32. The molecular formula is C16H30N2Na2O4. The summed E-state index contributed by atoms with van der Waals surface area (Å²) in [6.45, 7) is 1.04. The van der Waals surface area contributed by atoms with Gasteiger partial charge in [-0.05, 0) is 6.42 Å². The Balaban J connectivity index is -0.00000220. The molecule has 0 rings (SSSR count). The van der Waals surface area contributed by atoms with E-state index in [1.807, 2.05) is 0 Å². The SMILES string of the molecule is CCCCCCCCCCCC(=O)NCN(C[O-])CC(=O)[O-].[Na+].[Na+]. The summed E-state index contributed by atoms with van der Waals surface area (Å²) < 4.78 is 0. The molecule has 130 valence electrons. The number of hydrogen-bond donors (Lipinski definition) is 1. The van der Waals surface area contributed by atoms with Gasteiger partial charge in [-0.15, -0.1) is 0 Å². The summed E-state index contributed by atoms with van der Waals surface area (Å²) in [5.74, 6) is -1.45. The molecule has 8 heteroatoms. The Bertz CT molecular complexity index is 308. The molecule has 0 bridgehead atoms. The number of carboxylic acid groups (broad SMARTS) is 1. The van der Waals surface area contributed by atoms with E-state index in [4.69, 9.17) is 0 Å². The van der Waals surface area contributed by atoms with Gasteiger partial charge in [-0.25, -0.2) is 0 Å². The maximum atomic E-state index is 11.6. The molecular weight excluding hydrogens is 330 g/mol. The van der Waals surface area contributed by atoms with Crippen LogP contribution in [0.5, 0.6) is 0 Å². The zero-order valence-corrected chi connectivity index (χ0v) is 19.8. The Kier molecular flexibility index (Phi) is 27.0. The summed E-state index contributed by atoms with van der Waals surface area (Å²) in [5, 5.41) is 23.6. The van der Waals surface area contributed by atoms with Crippen molar-refractivity contribution >= 4 is 11.9 Å². The minimum absolute atomic E-state index is 0.